The second-order valence-electron chi connectivity index (χ2n) is 6.15. The topological polar surface area (TPSA) is 72.9 Å². The average molecular weight is 327 g/mol. The Kier molecular flexibility index (Phi) is 5.93. The van der Waals surface area contributed by atoms with Gasteiger partial charge in [0, 0.05) is 13.1 Å². The van der Waals surface area contributed by atoms with Crippen molar-refractivity contribution in [3.8, 4) is 0 Å². The molecule has 3 atom stereocenters. The molecule has 0 unspecified atom stereocenters. The Bertz CT molecular complexity index is 488. The number of carbonyl (C=O) groups excluding carboxylic acids is 3. The molecule has 0 aromatic heterocycles. The van der Waals surface area contributed by atoms with Gasteiger partial charge in [-0.2, -0.15) is 0 Å². The van der Waals surface area contributed by atoms with E-state index in [4.69, 9.17) is 9.47 Å². The van der Waals surface area contributed by atoms with Crippen LogP contribution in [0, 0.1) is 5.92 Å². The lowest BCUT2D eigenvalue weighted by Crippen LogP contribution is -2.56. The molecular formula is C15H25NO5Si. The van der Waals surface area contributed by atoms with Gasteiger partial charge in [-0.15, -0.1) is 0 Å². The number of amides is 1. The number of rotatable bonds is 4. The summed E-state index contributed by atoms with van der Waals surface area (Å²) in [6, 6.07) is -0.0213. The lowest BCUT2D eigenvalue weighted by atomic mass is 9.91. The van der Waals surface area contributed by atoms with Gasteiger partial charge in [0.25, 0.3) is 0 Å². The van der Waals surface area contributed by atoms with Gasteiger partial charge in [0.15, 0.2) is 0 Å². The van der Waals surface area contributed by atoms with Crippen LogP contribution in [0.2, 0.25) is 24.7 Å². The molecule has 0 aliphatic carbocycles. The molecule has 0 N–H and O–H groups in total. The second kappa shape index (κ2) is 7.08. The van der Waals surface area contributed by atoms with E-state index in [0.717, 1.165) is 6.04 Å². The van der Waals surface area contributed by atoms with Crippen molar-refractivity contribution in [1.29, 1.82) is 0 Å². The predicted molar refractivity (Wildman–Crippen MR) is 84.7 cm³/mol. The van der Waals surface area contributed by atoms with Crippen LogP contribution in [0.15, 0.2) is 12.3 Å². The highest BCUT2D eigenvalue weighted by atomic mass is 28.3. The number of allylic oxidation sites excluding steroid dienone is 1. The zero-order chi connectivity index (χ0) is 17.1. The van der Waals surface area contributed by atoms with Crippen molar-refractivity contribution in [3.05, 3.63) is 12.3 Å². The molecule has 6 nitrogen and oxygen atoms in total. The lowest BCUT2D eigenvalue weighted by Gasteiger charge is -2.43. The van der Waals surface area contributed by atoms with E-state index >= 15 is 0 Å². The number of esters is 2. The van der Waals surface area contributed by atoms with Crippen LogP contribution < -0.4 is 0 Å². The minimum absolute atomic E-state index is 0.0929. The van der Waals surface area contributed by atoms with Crippen LogP contribution in [0.25, 0.3) is 0 Å². The number of methoxy groups -OCH3 is 2. The van der Waals surface area contributed by atoms with E-state index in [2.05, 4.69) is 20.0 Å². The summed E-state index contributed by atoms with van der Waals surface area (Å²) in [7, 11) is 0.734. The van der Waals surface area contributed by atoms with Gasteiger partial charge in [-0.3, -0.25) is 9.59 Å². The van der Waals surface area contributed by atoms with Crippen molar-refractivity contribution in [3.63, 3.8) is 0 Å². The molecular weight excluding hydrogens is 302 g/mol. The fraction of sp³-hybridized carbons (Fsp3) is 0.667. The molecule has 1 heterocycles. The van der Waals surface area contributed by atoms with Gasteiger partial charge in [-0.05, 0) is 5.54 Å². The summed E-state index contributed by atoms with van der Waals surface area (Å²) in [5, 5.41) is 0. The van der Waals surface area contributed by atoms with Crippen LogP contribution in [0.3, 0.4) is 0 Å². The van der Waals surface area contributed by atoms with Crippen LogP contribution in [0.1, 0.15) is 13.8 Å². The molecule has 124 valence electrons. The monoisotopic (exact) mass is 327 g/mol. The summed E-state index contributed by atoms with van der Waals surface area (Å²) in [5.74, 6) is -2.12. The molecule has 1 amide bonds. The molecule has 1 aliphatic heterocycles. The van der Waals surface area contributed by atoms with Crippen LogP contribution in [-0.2, 0) is 23.9 Å². The number of hydrogen-bond donors (Lipinski definition) is 0. The third-order valence-corrected chi connectivity index (χ3v) is 8.75. The Hall–Kier alpha value is -1.63. The number of hydrogen-bond acceptors (Lipinski definition) is 5. The zero-order valence-electron chi connectivity index (χ0n) is 14.1. The van der Waals surface area contributed by atoms with Crippen LogP contribution in [0.4, 0.5) is 0 Å². The molecule has 22 heavy (non-hydrogen) atoms. The molecule has 0 aromatic carbocycles. The first-order chi connectivity index (χ1) is 10.2. The van der Waals surface area contributed by atoms with Crippen LogP contribution >= 0.6 is 0 Å². The molecule has 0 radical (unpaired) electrons. The van der Waals surface area contributed by atoms with E-state index in [-0.39, 0.29) is 11.4 Å². The quantitative estimate of drug-likeness (QED) is 0.581. The Morgan fingerprint density at radius 1 is 1.14 bits per heavy atom. The second-order valence-corrected chi connectivity index (χ2v) is 11.5. The first-order valence-electron chi connectivity index (χ1n) is 7.34. The van der Waals surface area contributed by atoms with Gasteiger partial charge in [0.1, 0.15) is 6.04 Å². The maximum Gasteiger partial charge on any atom is 0.329 e. The first-order valence-corrected chi connectivity index (χ1v) is 10.6. The fourth-order valence-electron chi connectivity index (χ4n) is 2.84. The SMILES string of the molecule is CC[Si](C)(C)[C@H]1C=CN(C(C)=O)[C@H](C(=O)OC)[C@H]1C(=O)OC. The van der Waals surface area contributed by atoms with Crippen LogP contribution in [-0.4, -0.2) is 51.1 Å². The molecule has 1 aliphatic rings. The smallest absolute Gasteiger partial charge is 0.329 e. The molecule has 0 bridgehead atoms. The van der Waals surface area contributed by atoms with Crippen molar-refractivity contribution in [1.82, 2.24) is 4.90 Å². The molecule has 1 rings (SSSR count). The lowest BCUT2D eigenvalue weighted by molar-refractivity contribution is -0.161. The summed E-state index contributed by atoms with van der Waals surface area (Å²) in [4.78, 5) is 37.7. The first kappa shape index (κ1) is 18.4. The van der Waals surface area contributed by atoms with Gasteiger partial charge in [-0.1, -0.05) is 32.1 Å². The summed E-state index contributed by atoms with van der Waals surface area (Å²) in [6.07, 6.45) is 3.48. The maximum atomic E-state index is 12.4. The van der Waals surface area contributed by atoms with E-state index in [1.807, 2.05) is 6.08 Å². The number of ether oxygens (including phenoxy) is 2. The number of carbonyl (C=O) groups is 3. The van der Waals surface area contributed by atoms with E-state index in [0.29, 0.717) is 0 Å². The van der Waals surface area contributed by atoms with Gasteiger partial charge < -0.3 is 14.4 Å². The van der Waals surface area contributed by atoms with E-state index in [1.54, 1.807) is 6.20 Å². The zero-order valence-corrected chi connectivity index (χ0v) is 15.1. The van der Waals surface area contributed by atoms with Crippen molar-refractivity contribution in [2.24, 2.45) is 5.92 Å². The van der Waals surface area contributed by atoms with Gasteiger partial charge in [-0.25, -0.2) is 4.79 Å². The maximum absolute atomic E-state index is 12.4. The minimum Gasteiger partial charge on any atom is -0.469 e. The fourth-order valence-corrected chi connectivity index (χ4v) is 5.21. The van der Waals surface area contributed by atoms with Gasteiger partial charge >= 0.3 is 11.9 Å². The molecule has 0 saturated heterocycles. The van der Waals surface area contributed by atoms with E-state index < -0.39 is 32.0 Å². The molecule has 0 spiro atoms. The van der Waals surface area contributed by atoms with Crippen molar-refractivity contribution >= 4 is 25.9 Å². The normalized spacial score (nSPS) is 24.8. The Labute approximate surface area is 132 Å². The summed E-state index contributed by atoms with van der Waals surface area (Å²) >= 11 is 0. The van der Waals surface area contributed by atoms with Crippen molar-refractivity contribution in [2.75, 3.05) is 14.2 Å². The summed E-state index contributed by atoms with van der Waals surface area (Å²) < 4.78 is 9.75. The summed E-state index contributed by atoms with van der Waals surface area (Å²) in [6.45, 7) is 7.77. The molecule has 0 aromatic rings. The Balaban J connectivity index is 3.43. The highest BCUT2D eigenvalue weighted by Gasteiger charge is 2.50. The standard InChI is InChI=1S/C15H25NO5Si/c1-7-22(5,6)11-8-9-16(10(2)17)13(15(19)21-4)12(11)14(18)20-3/h8-9,11-13H,7H2,1-6H3/t11-,12-,13-/m0/s1. The van der Waals surface area contributed by atoms with Crippen molar-refractivity contribution < 1.29 is 23.9 Å². The average Bonchev–Trinajstić information content (AvgIpc) is 2.51. The van der Waals surface area contributed by atoms with Crippen molar-refractivity contribution in [2.45, 2.75) is 44.6 Å². The predicted octanol–water partition coefficient (Wildman–Crippen LogP) is 1.79. The minimum atomic E-state index is -1.82. The molecule has 7 heteroatoms. The Morgan fingerprint density at radius 2 is 1.68 bits per heavy atom. The third-order valence-electron chi connectivity index (χ3n) is 4.57. The number of nitrogens with zero attached hydrogens (tertiary/aromatic N) is 1. The Morgan fingerprint density at radius 3 is 2.09 bits per heavy atom. The van der Waals surface area contributed by atoms with E-state index in [9.17, 15) is 14.4 Å². The van der Waals surface area contributed by atoms with E-state index in [1.165, 1.54) is 26.0 Å². The summed E-state index contributed by atoms with van der Waals surface area (Å²) in [5.41, 5.74) is -0.0929. The van der Waals surface area contributed by atoms with Gasteiger partial charge in [0.2, 0.25) is 5.91 Å². The highest BCUT2D eigenvalue weighted by Crippen LogP contribution is 2.41. The third kappa shape index (κ3) is 3.40. The molecule has 0 saturated carbocycles. The van der Waals surface area contributed by atoms with Crippen LogP contribution in [0.5, 0.6) is 0 Å². The molecule has 0 fully saturated rings. The largest absolute Gasteiger partial charge is 0.469 e. The van der Waals surface area contributed by atoms with Gasteiger partial charge in [0.05, 0.1) is 28.2 Å². The highest BCUT2D eigenvalue weighted by molar-refractivity contribution is 6.79.